The van der Waals surface area contributed by atoms with Gasteiger partial charge in [-0.15, -0.1) is 0 Å². The molecule has 5 saturated carbocycles. The van der Waals surface area contributed by atoms with E-state index in [0.717, 1.165) is 69.9 Å². The highest BCUT2D eigenvalue weighted by Crippen LogP contribution is 2.68. The summed E-state index contributed by atoms with van der Waals surface area (Å²) in [6.45, 7) is 9.62. The predicted octanol–water partition coefficient (Wildman–Crippen LogP) is 7.31. The number of alkyl halides is 3. The molecule has 1 unspecified atom stereocenters. The summed E-state index contributed by atoms with van der Waals surface area (Å²) in [5.74, 6) is 2.87. The maximum absolute atomic E-state index is 13.5. The monoisotopic (exact) mass is 696 g/mol. The summed E-state index contributed by atoms with van der Waals surface area (Å²) in [4.78, 5) is 12.4. The van der Waals surface area contributed by atoms with Crippen LogP contribution in [0.1, 0.15) is 110 Å². The molecule has 1 aromatic rings. The lowest BCUT2D eigenvalue weighted by Gasteiger charge is -2.57. The van der Waals surface area contributed by atoms with Crippen molar-refractivity contribution < 1.29 is 36.6 Å². The van der Waals surface area contributed by atoms with Crippen molar-refractivity contribution in [2.75, 3.05) is 6.54 Å². The van der Waals surface area contributed by atoms with Crippen molar-refractivity contribution in [3.8, 4) is 0 Å². The Labute approximate surface area is 284 Å². The highest BCUT2D eigenvalue weighted by atomic mass is 32.2. The first-order chi connectivity index (χ1) is 22.5. The van der Waals surface area contributed by atoms with Crippen LogP contribution in [0.5, 0.6) is 0 Å². The molecule has 0 bridgehead atoms. The number of hydrogen-bond donors (Lipinski definition) is 4. The van der Waals surface area contributed by atoms with Crippen LogP contribution in [0.4, 0.5) is 18.0 Å². The minimum atomic E-state index is -4.39. The smallest absolute Gasteiger partial charge is 0.393 e. The fourth-order valence-corrected chi connectivity index (χ4v) is 12.7. The Morgan fingerprint density at radius 2 is 1.58 bits per heavy atom. The standard InChI is InChI=1S/C37H55F3N2O5S/c1-5-26-31-20-24(43)12-15-35(31,4)30-13-16-34(3)28(10-11-29(34)27(30)21-32(26)44)22(2)14-19-41-33(45)42-48(46,47)25-8-6-23(7-9-25)36(17-18-36)37(38,39)40/h6-9,22,24,26-32,43-44H,5,10-21H2,1-4H3,(H2,41,42,45)/t22-,24-,26-,27-,28-,29+,30+,31+,32?,34-,35-/m1/s1. The van der Waals surface area contributed by atoms with Gasteiger partial charge < -0.3 is 15.5 Å². The van der Waals surface area contributed by atoms with Gasteiger partial charge >= 0.3 is 12.2 Å². The van der Waals surface area contributed by atoms with E-state index in [1.165, 1.54) is 12.1 Å². The minimum absolute atomic E-state index is 0.0163. The highest BCUT2D eigenvalue weighted by molar-refractivity contribution is 7.90. The molecular weight excluding hydrogens is 641 g/mol. The Kier molecular flexibility index (Phi) is 9.54. The number of rotatable bonds is 8. The van der Waals surface area contributed by atoms with Gasteiger partial charge in [0.15, 0.2) is 0 Å². The normalized spacial score (nSPS) is 39.7. The Bertz CT molecular complexity index is 1450. The molecule has 270 valence electrons. The van der Waals surface area contributed by atoms with Crippen molar-refractivity contribution in [1.29, 1.82) is 0 Å². The molecule has 11 atom stereocenters. The van der Waals surface area contributed by atoms with Crippen molar-refractivity contribution >= 4 is 16.1 Å². The van der Waals surface area contributed by atoms with Crippen LogP contribution in [-0.4, -0.2) is 49.6 Å². The van der Waals surface area contributed by atoms with Crippen LogP contribution in [0, 0.1) is 52.3 Å². The molecule has 5 aliphatic rings. The molecule has 0 radical (unpaired) electrons. The number of aliphatic hydroxyl groups excluding tert-OH is 2. The number of fused-ring (bicyclic) bond motifs is 5. The number of benzene rings is 1. The first kappa shape index (κ1) is 36.0. The molecule has 0 aliphatic heterocycles. The molecule has 0 spiro atoms. The Morgan fingerprint density at radius 3 is 2.21 bits per heavy atom. The van der Waals surface area contributed by atoms with E-state index in [4.69, 9.17) is 0 Å². The van der Waals surface area contributed by atoms with Gasteiger partial charge in [-0.1, -0.05) is 46.2 Å². The fourth-order valence-electron chi connectivity index (χ4n) is 11.8. The van der Waals surface area contributed by atoms with E-state index >= 15 is 0 Å². The quantitative estimate of drug-likeness (QED) is 0.228. The lowest BCUT2D eigenvalue weighted by atomic mass is 9.48. The maximum Gasteiger partial charge on any atom is 0.398 e. The Morgan fingerprint density at radius 1 is 0.938 bits per heavy atom. The molecular formula is C37H55F3N2O5S. The van der Waals surface area contributed by atoms with Gasteiger partial charge in [-0.05, 0) is 141 Å². The number of carbonyl (C=O) groups excluding carboxylic acids is 1. The third-order valence-corrected chi connectivity index (χ3v) is 15.9. The van der Waals surface area contributed by atoms with Crippen molar-refractivity contribution in [1.82, 2.24) is 10.0 Å². The summed E-state index contributed by atoms with van der Waals surface area (Å²) in [5, 5.41) is 24.9. The minimum Gasteiger partial charge on any atom is -0.393 e. The van der Waals surface area contributed by atoms with Crippen LogP contribution < -0.4 is 10.0 Å². The van der Waals surface area contributed by atoms with E-state index in [0.29, 0.717) is 48.5 Å². The zero-order valence-corrected chi connectivity index (χ0v) is 29.7. The van der Waals surface area contributed by atoms with E-state index in [9.17, 15) is 36.6 Å². The first-order valence-electron chi connectivity index (χ1n) is 18.3. The fraction of sp³-hybridized carbons (Fsp3) is 0.811. The molecule has 0 heterocycles. The topological polar surface area (TPSA) is 116 Å². The number of halogens is 3. The van der Waals surface area contributed by atoms with Gasteiger partial charge in [0, 0.05) is 6.54 Å². The second-order valence-corrected chi connectivity index (χ2v) is 18.4. The summed E-state index contributed by atoms with van der Waals surface area (Å²) < 4.78 is 68.1. The molecule has 1 aromatic carbocycles. The predicted molar refractivity (Wildman–Crippen MR) is 177 cm³/mol. The third-order valence-electron chi connectivity index (χ3n) is 14.6. The summed E-state index contributed by atoms with van der Waals surface area (Å²) in [6, 6.07) is 3.77. The number of hydrogen-bond acceptors (Lipinski definition) is 5. The van der Waals surface area contributed by atoms with Gasteiger partial charge in [0.1, 0.15) is 0 Å². The average Bonchev–Trinajstić information content (AvgIpc) is 3.77. The van der Waals surface area contributed by atoms with E-state index < -0.39 is 27.6 Å². The average molecular weight is 697 g/mol. The van der Waals surface area contributed by atoms with Crippen LogP contribution in [0.2, 0.25) is 0 Å². The van der Waals surface area contributed by atoms with Gasteiger partial charge in [-0.3, -0.25) is 0 Å². The maximum atomic E-state index is 13.5. The van der Waals surface area contributed by atoms with Crippen molar-refractivity contribution in [2.24, 2.45) is 52.3 Å². The van der Waals surface area contributed by atoms with Gasteiger partial charge in [0.05, 0.1) is 22.5 Å². The van der Waals surface area contributed by atoms with E-state index in [1.54, 1.807) is 0 Å². The zero-order chi connectivity index (χ0) is 34.9. The van der Waals surface area contributed by atoms with Gasteiger partial charge in [0.2, 0.25) is 0 Å². The second kappa shape index (κ2) is 12.7. The lowest BCUT2D eigenvalue weighted by molar-refractivity contribution is -0.160. The number of urea groups is 1. The molecule has 5 fully saturated rings. The number of amides is 2. The zero-order valence-electron chi connectivity index (χ0n) is 28.9. The summed E-state index contributed by atoms with van der Waals surface area (Å²) in [6.07, 6.45) is 4.63. The van der Waals surface area contributed by atoms with Gasteiger partial charge in [-0.25, -0.2) is 17.9 Å². The second-order valence-electron chi connectivity index (χ2n) is 16.8. The molecule has 11 heteroatoms. The molecule has 48 heavy (non-hydrogen) atoms. The number of carbonyl (C=O) groups is 1. The Hall–Kier alpha value is -1.85. The SMILES string of the molecule is CC[C@H]1C(O)C[C@H]2[C@H](CC[C@]3(C)[C@@H]([C@H](C)CCNC(=O)NS(=O)(=O)c4ccc(C5(C(F)(F)F)CC5)cc4)CC[C@@H]23)[C@@]2(C)CC[C@@H](O)C[C@@H]12. The number of aliphatic hydroxyl groups is 2. The number of nitrogens with one attached hydrogen (secondary N) is 2. The van der Waals surface area contributed by atoms with Crippen LogP contribution in [-0.2, 0) is 15.4 Å². The van der Waals surface area contributed by atoms with Crippen LogP contribution in [0.3, 0.4) is 0 Å². The molecule has 4 N–H and O–H groups in total. The molecule has 2 amide bonds. The van der Waals surface area contributed by atoms with Gasteiger partial charge in [-0.2, -0.15) is 13.2 Å². The van der Waals surface area contributed by atoms with Crippen LogP contribution in [0.25, 0.3) is 0 Å². The Balaban J connectivity index is 1.05. The molecule has 5 aliphatic carbocycles. The van der Waals surface area contributed by atoms with E-state index in [2.05, 4.69) is 33.0 Å². The van der Waals surface area contributed by atoms with Crippen LogP contribution >= 0.6 is 0 Å². The van der Waals surface area contributed by atoms with Crippen molar-refractivity contribution in [2.45, 2.75) is 133 Å². The largest absolute Gasteiger partial charge is 0.398 e. The summed E-state index contributed by atoms with van der Waals surface area (Å²) >= 11 is 0. The third kappa shape index (κ3) is 6.09. The molecule has 6 rings (SSSR count). The van der Waals surface area contributed by atoms with Gasteiger partial charge in [0.25, 0.3) is 10.0 Å². The first-order valence-corrected chi connectivity index (χ1v) is 19.8. The van der Waals surface area contributed by atoms with Crippen molar-refractivity contribution in [3.05, 3.63) is 29.8 Å². The lowest BCUT2D eigenvalue weighted by Crippen LogP contribution is -2.51. The van der Waals surface area contributed by atoms with Crippen molar-refractivity contribution in [3.63, 3.8) is 0 Å². The van der Waals surface area contributed by atoms with E-state index in [-0.39, 0.29) is 52.3 Å². The summed E-state index contributed by atoms with van der Waals surface area (Å²) in [7, 11) is -4.25. The molecule has 0 aromatic heterocycles. The van der Waals surface area contributed by atoms with E-state index in [1.807, 2.05) is 4.72 Å². The molecule has 0 saturated heterocycles. The molecule has 7 nitrogen and oxygen atoms in total. The highest BCUT2D eigenvalue weighted by Gasteiger charge is 2.64. The summed E-state index contributed by atoms with van der Waals surface area (Å²) in [5.41, 5.74) is -1.59. The van der Waals surface area contributed by atoms with Crippen LogP contribution in [0.15, 0.2) is 29.2 Å². The number of sulfonamides is 1.